The van der Waals surface area contributed by atoms with E-state index in [0.29, 0.717) is 39.5 Å². The van der Waals surface area contributed by atoms with Crippen molar-refractivity contribution < 1.29 is 14.3 Å². The number of aryl methyl sites for hydroxylation is 1. The first-order valence-electron chi connectivity index (χ1n) is 14.5. The van der Waals surface area contributed by atoms with Crippen LogP contribution in [0.15, 0.2) is 60.9 Å². The molecule has 2 aromatic heterocycles. The van der Waals surface area contributed by atoms with E-state index < -0.39 is 0 Å². The van der Waals surface area contributed by atoms with Gasteiger partial charge in [0.1, 0.15) is 12.1 Å². The lowest BCUT2D eigenvalue weighted by Crippen LogP contribution is -2.31. The predicted octanol–water partition coefficient (Wildman–Crippen LogP) is 8.07. The maximum Gasteiger partial charge on any atom is 0.265 e. The van der Waals surface area contributed by atoms with E-state index in [1.807, 2.05) is 55.5 Å². The van der Waals surface area contributed by atoms with E-state index in [9.17, 15) is 4.79 Å². The number of rotatable bonds is 10. The summed E-state index contributed by atoms with van der Waals surface area (Å²) in [6, 6.07) is 17.3. The van der Waals surface area contributed by atoms with Crippen LogP contribution in [0.25, 0.3) is 21.0 Å². The number of halogens is 1. The van der Waals surface area contributed by atoms with E-state index in [0.717, 1.165) is 45.2 Å². The van der Waals surface area contributed by atoms with Crippen LogP contribution in [0.5, 0.6) is 11.5 Å². The Balaban J connectivity index is 1.17. The minimum atomic E-state index is -0.190. The zero-order valence-electron chi connectivity index (χ0n) is 24.3. The van der Waals surface area contributed by atoms with Crippen LogP contribution in [-0.2, 0) is 0 Å². The second-order valence-electron chi connectivity index (χ2n) is 10.7. The van der Waals surface area contributed by atoms with Gasteiger partial charge in [0.25, 0.3) is 5.91 Å². The number of piperidine rings is 1. The predicted molar refractivity (Wildman–Crippen MR) is 176 cm³/mol. The number of thiophene rings is 1. The van der Waals surface area contributed by atoms with Crippen LogP contribution in [0.4, 0.5) is 17.2 Å². The zero-order valence-corrected chi connectivity index (χ0v) is 25.9. The lowest BCUT2D eigenvalue weighted by Gasteiger charge is -2.26. The summed E-state index contributed by atoms with van der Waals surface area (Å²) in [5.74, 6) is 1.78. The van der Waals surface area contributed by atoms with Gasteiger partial charge in [-0.1, -0.05) is 30.2 Å². The maximum atomic E-state index is 13.0. The Bertz CT molecular complexity index is 1750. The lowest BCUT2D eigenvalue weighted by atomic mass is 10.1. The number of benzene rings is 3. The van der Waals surface area contributed by atoms with Crippen molar-refractivity contribution in [3.8, 4) is 11.5 Å². The first-order chi connectivity index (χ1) is 21.0. The van der Waals surface area contributed by atoms with E-state index in [-0.39, 0.29) is 5.91 Å². The van der Waals surface area contributed by atoms with Crippen LogP contribution < -0.4 is 20.1 Å². The first-order valence-corrected chi connectivity index (χ1v) is 15.7. The van der Waals surface area contributed by atoms with Crippen molar-refractivity contribution in [2.24, 2.45) is 0 Å². The SMILES string of the molecule is COc1cc2c(Nc3ccc4sc(C(=O)Nc5c(C)cccc5Cl)cc4c3)ncnc2cc1OCCCN1CCCCC1. The summed E-state index contributed by atoms with van der Waals surface area (Å²) in [4.78, 5) is 25.2. The smallest absolute Gasteiger partial charge is 0.265 e. The molecule has 1 saturated heterocycles. The molecule has 3 heterocycles. The highest BCUT2D eigenvalue weighted by Crippen LogP contribution is 2.36. The van der Waals surface area contributed by atoms with Gasteiger partial charge in [0.05, 0.1) is 34.8 Å². The lowest BCUT2D eigenvalue weighted by molar-refractivity contribution is 0.103. The first kappa shape index (κ1) is 29.2. The van der Waals surface area contributed by atoms with Gasteiger partial charge in [-0.3, -0.25) is 4.79 Å². The monoisotopic (exact) mass is 615 g/mol. The van der Waals surface area contributed by atoms with E-state index in [1.165, 1.54) is 43.7 Å². The number of nitrogens with one attached hydrogen (secondary N) is 2. The summed E-state index contributed by atoms with van der Waals surface area (Å²) in [5, 5.41) is 8.67. The fraction of sp³-hybridized carbons (Fsp3) is 0.303. The normalized spacial score (nSPS) is 13.7. The van der Waals surface area contributed by atoms with Crippen molar-refractivity contribution in [2.75, 3.05) is 44.0 Å². The molecule has 2 N–H and O–H groups in total. The molecule has 0 bridgehead atoms. The molecule has 5 aromatic rings. The molecule has 0 aliphatic carbocycles. The number of para-hydroxylation sites is 1. The molecule has 222 valence electrons. The van der Waals surface area contributed by atoms with Crippen molar-refractivity contribution in [1.29, 1.82) is 0 Å². The van der Waals surface area contributed by atoms with Gasteiger partial charge in [0.15, 0.2) is 11.5 Å². The minimum absolute atomic E-state index is 0.190. The Morgan fingerprint density at radius 2 is 1.91 bits per heavy atom. The summed E-state index contributed by atoms with van der Waals surface area (Å²) < 4.78 is 12.8. The van der Waals surface area contributed by atoms with Crippen LogP contribution in [-0.4, -0.2) is 54.1 Å². The minimum Gasteiger partial charge on any atom is -0.493 e. The molecule has 1 amide bonds. The van der Waals surface area contributed by atoms with E-state index >= 15 is 0 Å². The van der Waals surface area contributed by atoms with Gasteiger partial charge in [-0.15, -0.1) is 11.3 Å². The standard InChI is InChI=1S/C33H34ClN5O3S/c1-21-8-6-9-25(34)31(21)38-33(40)30-17-22-16-23(10-11-29(22)43-30)37-32-24-18-27(41-2)28(19-26(24)35-20-36-32)42-15-7-14-39-12-4-3-5-13-39/h6,8-11,16-20H,3-5,7,12-15H2,1-2H3,(H,38,40)(H,35,36,37). The molecule has 0 unspecified atom stereocenters. The second kappa shape index (κ2) is 13.2. The number of likely N-dealkylation sites (tertiary alicyclic amines) is 1. The average Bonchev–Trinajstić information content (AvgIpc) is 3.45. The molecule has 0 radical (unpaired) electrons. The molecular formula is C33H34ClN5O3S. The van der Waals surface area contributed by atoms with Crippen molar-refractivity contribution in [3.63, 3.8) is 0 Å². The average molecular weight is 616 g/mol. The molecule has 1 fully saturated rings. The summed E-state index contributed by atoms with van der Waals surface area (Å²) in [6.07, 6.45) is 6.43. The molecule has 8 nitrogen and oxygen atoms in total. The van der Waals surface area contributed by atoms with Gasteiger partial charge in [0.2, 0.25) is 0 Å². The van der Waals surface area contributed by atoms with Crippen molar-refractivity contribution >= 4 is 67.0 Å². The Labute approximate surface area is 260 Å². The quantitative estimate of drug-likeness (QED) is 0.154. The van der Waals surface area contributed by atoms with E-state index in [1.54, 1.807) is 19.5 Å². The number of hydrogen-bond acceptors (Lipinski definition) is 8. The summed E-state index contributed by atoms with van der Waals surface area (Å²) in [7, 11) is 1.64. The molecule has 10 heteroatoms. The number of carbonyl (C=O) groups excluding carboxylic acids is 1. The Morgan fingerprint density at radius 1 is 1.05 bits per heavy atom. The largest absolute Gasteiger partial charge is 0.493 e. The Kier molecular flexibility index (Phi) is 8.92. The topological polar surface area (TPSA) is 88.6 Å². The van der Waals surface area contributed by atoms with Crippen molar-refractivity contribution in [2.45, 2.75) is 32.6 Å². The summed E-state index contributed by atoms with van der Waals surface area (Å²) in [6.45, 7) is 5.96. The number of amides is 1. The van der Waals surface area contributed by atoms with Crippen LogP contribution in [0.2, 0.25) is 5.02 Å². The molecular weight excluding hydrogens is 582 g/mol. The highest BCUT2D eigenvalue weighted by atomic mass is 35.5. The summed E-state index contributed by atoms with van der Waals surface area (Å²) in [5.41, 5.74) is 3.14. The number of methoxy groups -OCH3 is 1. The van der Waals surface area contributed by atoms with Crippen LogP contribution in [0, 0.1) is 6.92 Å². The maximum absolute atomic E-state index is 13.0. The fourth-order valence-electron chi connectivity index (χ4n) is 5.42. The Hall–Kier alpha value is -3.92. The van der Waals surface area contributed by atoms with E-state index in [2.05, 4.69) is 25.5 Å². The Morgan fingerprint density at radius 3 is 2.72 bits per heavy atom. The molecule has 6 rings (SSSR count). The van der Waals surface area contributed by atoms with Crippen LogP contribution in [0.1, 0.15) is 40.9 Å². The molecule has 0 saturated carbocycles. The molecule has 0 atom stereocenters. The van der Waals surface area contributed by atoms with Gasteiger partial charge in [-0.05, 0) is 86.6 Å². The third-order valence-corrected chi connectivity index (χ3v) is 9.14. The van der Waals surface area contributed by atoms with Crippen molar-refractivity contribution in [1.82, 2.24) is 14.9 Å². The van der Waals surface area contributed by atoms with E-state index in [4.69, 9.17) is 21.1 Å². The van der Waals surface area contributed by atoms with Gasteiger partial charge in [-0.2, -0.15) is 0 Å². The zero-order chi connectivity index (χ0) is 29.8. The number of aromatic nitrogens is 2. The van der Waals surface area contributed by atoms with Crippen LogP contribution >= 0.6 is 22.9 Å². The third kappa shape index (κ3) is 6.69. The highest BCUT2D eigenvalue weighted by molar-refractivity contribution is 7.20. The molecule has 1 aliphatic rings. The number of hydrogen-bond donors (Lipinski definition) is 2. The summed E-state index contributed by atoms with van der Waals surface area (Å²) >= 11 is 7.75. The number of fused-ring (bicyclic) bond motifs is 2. The van der Waals surface area contributed by atoms with Gasteiger partial charge >= 0.3 is 0 Å². The molecule has 43 heavy (non-hydrogen) atoms. The highest BCUT2D eigenvalue weighted by Gasteiger charge is 2.16. The number of carbonyl (C=O) groups is 1. The van der Waals surface area contributed by atoms with Gasteiger partial charge < -0.3 is 25.0 Å². The number of anilines is 3. The van der Waals surface area contributed by atoms with Crippen LogP contribution in [0.3, 0.4) is 0 Å². The van der Waals surface area contributed by atoms with Gasteiger partial charge in [-0.25, -0.2) is 9.97 Å². The molecule has 1 aliphatic heterocycles. The van der Waals surface area contributed by atoms with Gasteiger partial charge in [0, 0.05) is 28.4 Å². The second-order valence-corrected chi connectivity index (χ2v) is 12.2. The third-order valence-electron chi connectivity index (χ3n) is 7.71. The van der Waals surface area contributed by atoms with Crippen molar-refractivity contribution in [3.05, 3.63) is 76.4 Å². The molecule has 0 spiro atoms. The number of ether oxygens (including phenoxy) is 2. The molecule has 3 aromatic carbocycles. The number of nitrogens with zero attached hydrogens (tertiary/aromatic N) is 3. The fourth-order valence-corrected chi connectivity index (χ4v) is 6.63.